The lowest BCUT2D eigenvalue weighted by atomic mass is 10.2. The van der Waals surface area contributed by atoms with Crippen LogP contribution in [0.3, 0.4) is 0 Å². The number of ether oxygens (including phenoxy) is 1. The maximum Gasteiger partial charge on any atom is 0.239 e. The topological polar surface area (TPSA) is 74.9 Å². The third-order valence-corrected chi connectivity index (χ3v) is 3.02. The van der Waals surface area contributed by atoms with Crippen LogP contribution < -0.4 is 5.32 Å². The molecule has 1 aromatic rings. The number of carbonyl (C=O) groups excluding carboxylic acids is 1. The van der Waals surface area contributed by atoms with Gasteiger partial charge in [0.25, 0.3) is 0 Å². The highest BCUT2D eigenvalue weighted by Gasteiger charge is 2.16. The van der Waals surface area contributed by atoms with Gasteiger partial charge in [-0.1, -0.05) is 0 Å². The van der Waals surface area contributed by atoms with Gasteiger partial charge in [0.15, 0.2) is 0 Å². The van der Waals surface area contributed by atoms with Crippen LogP contribution in [0.5, 0.6) is 0 Å². The second-order valence-electron chi connectivity index (χ2n) is 4.73. The predicted molar refractivity (Wildman–Crippen MR) is 75.1 cm³/mol. The molecule has 0 spiro atoms. The number of likely N-dealkylation sites (N-methyl/N-ethyl adjacent to an activating group) is 1. The zero-order valence-electron chi connectivity index (χ0n) is 12.3. The molecule has 2 atom stereocenters. The molecule has 0 bridgehead atoms. The fourth-order valence-electron chi connectivity index (χ4n) is 1.64. The Balaban J connectivity index is 2.15. The summed E-state index contributed by atoms with van der Waals surface area (Å²) in [6.07, 6.45) is 0.918. The first-order valence-corrected chi connectivity index (χ1v) is 6.81. The van der Waals surface area contributed by atoms with Crippen molar-refractivity contribution in [3.8, 4) is 0 Å². The molecule has 0 aliphatic rings. The van der Waals surface area contributed by atoms with Gasteiger partial charge in [-0.3, -0.25) is 4.79 Å². The Hall–Kier alpha value is -1.37. The highest BCUT2D eigenvalue weighted by molar-refractivity contribution is 5.81. The van der Waals surface area contributed by atoms with Gasteiger partial charge >= 0.3 is 0 Å². The van der Waals surface area contributed by atoms with Crippen LogP contribution in [0.4, 0.5) is 0 Å². The molecule has 0 aliphatic carbocycles. The number of nitrogens with one attached hydrogen (secondary N) is 1. The molecule has 6 heteroatoms. The molecule has 20 heavy (non-hydrogen) atoms. The number of amides is 1. The first-order valence-electron chi connectivity index (χ1n) is 6.81. The average Bonchev–Trinajstić information content (AvgIpc) is 2.96. The van der Waals surface area contributed by atoms with Crippen molar-refractivity contribution in [2.45, 2.75) is 32.6 Å². The van der Waals surface area contributed by atoms with Crippen molar-refractivity contribution in [3.05, 3.63) is 24.2 Å². The number of furan rings is 1. The minimum absolute atomic E-state index is 0.0104. The highest BCUT2D eigenvalue weighted by Crippen LogP contribution is 2.02. The van der Waals surface area contributed by atoms with E-state index in [4.69, 9.17) is 9.15 Å². The van der Waals surface area contributed by atoms with E-state index in [2.05, 4.69) is 5.32 Å². The van der Waals surface area contributed by atoms with Crippen LogP contribution in [-0.4, -0.2) is 54.8 Å². The lowest BCUT2D eigenvalue weighted by Crippen LogP contribution is -2.46. The Morgan fingerprint density at radius 1 is 1.60 bits per heavy atom. The molecule has 114 valence electrons. The minimum Gasteiger partial charge on any atom is -0.467 e. The third kappa shape index (κ3) is 5.73. The molecular formula is C14H24N2O4. The van der Waals surface area contributed by atoms with Crippen molar-refractivity contribution < 1.29 is 19.1 Å². The highest BCUT2D eigenvalue weighted by atomic mass is 16.5. The maximum atomic E-state index is 11.8. The maximum absolute atomic E-state index is 11.8. The Morgan fingerprint density at radius 2 is 2.35 bits per heavy atom. The number of carbonyl (C=O) groups is 1. The molecule has 0 fully saturated rings. The van der Waals surface area contributed by atoms with Crippen LogP contribution >= 0.6 is 0 Å². The molecule has 1 aromatic heterocycles. The lowest BCUT2D eigenvalue weighted by molar-refractivity contribution is -0.131. The molecule has 0 saturated carbocycles. The predicted octanol–water partition coefficient (Wildman–Crippen LogP) is 0.614. The largest absolute Gasteiger partial charge is 0.467 e. The van der Waals surface area contributed by atoms with Crippen molar-refractivity contribution >= 4 is 5.91 Å². The molecule has 2 N–H and O–H groups in total. The van der Waals surface area contributed by atoms with Crippen LogP contribution in [0.25, 0.3) is 0 Å². The van der Waals surface area contributed by atoms with E-state index >= 15 is 0 Å². The van der Waals surface area contributed by atoms with Crippen LogP contribution in [-0.2, 0) is 16.1 Å². The van der Waals surface area contributed by atoms with Gasteiger partial charge < -0.3 is 24.5 Å². The van der Waals surface area contributed by atoms with Gasteiger partial charge in [-0.25, -0.2) is 0 Å². The van der Waals surface area contributed by atoms with E-state index in [1.807, 2.05) is 13.0 Å². The average molecular weight is 284 g/mol. The van der Waals surface area contributed by atoms with Gasteiger partial charge in [0, 0.05) is 20.1 Å². The zero-order chi connectivity index (χ0) is 15.0. The third-order valence-electron chi connectivity index (χ3n) is 3.02. The summed E-state index contributed by atoms with van der Waals surface area (Å²) >= 11 is 0. The molecule has 2 unspecified atom stereocenters. The Labute approximate surface area is 119 Å². The summed E-state index contributed by atoms with van der Waals surface area (Å²) in [4.78, 5) is 13.4. The van der Waals surface area contributed by atoms with Crippen molar-refractivity contribution in [2.75, 3.05) is 26.7 Å². The van der Waals surface area contributed by atoms with E-state index in [1.54, 1.807) is 31.2 Å². The van der Waals surface area contributed by atoms with Crippen molar-refractivity contribution in [3.63, 3.8) is 0 Å². The van der Waals surface area contributed by atoms with Gasteiger partial charge in [0.2, 0.25) is 5.91 Å². The number of hydrogen-bond acceptors (Lipinski definition) is 5. The molecule has 6 nitrogen and oxygen atoms in total. The Morgan fingerprint density at radius 3 is 2.95 bits per heavy atom. The number of aliphatic hydroxyl groups is 1. The van der Waals surface area contributed by atoms with E-state index < -0.39 is 6.10 Å². The molecule has 0 radical (unpaired) electrons. The number of nitrogens with zero attached hydrogens (tertiary/aromatic N) is 1. The van der Waals surface area contributed by atoms with E-state index in [0.717, 1.165) is 5.76 Å². The second kappa shape index (κ2) is 8.73. The van der Waals surface area contributed by atoms with Crippen molar-refractivity contribution in [1.29, 1.82) is 0 Å². The van der Waals surface area contributed by atoms with E-state index in [0.29, 0.717) is 19.7 Å². The van der Waals surface area contributed by atoms with Gasteiger partial charge in [-0.2, -0.15) is 0 Å². The molecule has 0 saturated heterocycles. The summed E-state index contributed by atoms with van der Waals surface area (Å²) in [6, 6.07) is 3.28. The standard InChI is InChI=1S/C14H24N2O4/c1-4-16(3)14(18)11(2)15-8-12(17)9-19-10-13-6-5-7-20-13/h5-7,11-12,15,17H,4,8-10H2,1-3H3. The number of rotatable bonds is 9. The molecule has 1 rings (SSSR count). The van der Waals surface area contributed by atoms with E-state index in [9.17, 15) is 9.90 Å². The summed E-state index contributed by atoms with van der Waals surface area (Å²) in [5, 5.41) is 12.8. The van der Waals surface area contributed by atoms with Crippen LogP contribution in [0, 0.1) is 0 Å². The fraction of sp³-hybridized carbons (Fsp3) is 0.643. The zero-order valence-corrected chi connectivity index (χ0v) is 12.3. The van der Waals surface area contributed by atoms with E-state index in [-0.39, 0.29) is 18.6 Å². The smallest absolute Gasteiger partial charge is 0.239 e. The summed E-state index contributed by atoms with van der Waals surface area (Å²) in [6.45, 7) is 5.20. The number of hydrogen-bond donors (Lipinski definition) is 2. The van der Waals surface area contributed by atoms with Gasteiger partial charge in [0.05, 0.1) is 25.0 Å². The minimum atomic E-state index is -0.660. The Bertz CT molecular complexity index is 381. The van der Waals surface area contributed by atoms with Gasteiger partial charge in [-0.15, -0.1) is 0 Å². The van der Waals surface area contributed by atoms with Crippen LogP contribution in [0.1, 0.15) is 19.6 Å². The summed E-state index contributed by atoms with van der Waals surface area (Å²) in [5.74, 6) is 0.731. The quantitative estimate of drug-likeness (QED) is 0.695. The molecule has 0 aliphatic heterocycles. The fourth-order valence-corrected chi connectivity index (χ4v) is 1.64. The van der Waals surface area contributed by atoms with Crippen molar-refractivity contribution in [1.82, 2.24) is 10.2 Å². The summed E-state index contributed by atoms with van der Waals surface area (Å²) in [5.41, 5.74) is 0. The first-order chi connectivity index (χ1) is 9.54. The summed E-state index contributed by atoms with van der Waals surface area (Å²) < 4.78 is 10.4. The molecule has 0 aromatic carbocycles. The molecular weight excluding hydrogens is 260 g/mol. The van der Waals surface area contributed by atoms with Gasteiger partial charge in [0.1, 0.15) is 12.4 Å². The van der Waals surface area contributed by atoms with Crippen LogP contribution in [0.15, 0.2) is 22.8 Å². The Kier molecular flexibility index (Phi) is 7.28. The molecule has 1 heterocycles. The van der Waals surface area contributed by atoms with E-state index in [1.165, 1.54) is 0 Å². The first kappa shape index (κ1) is 16.7. The number of aliphatic hydroxyl groups excluding tert-OH is 1. The normalized spacial score (nSPS) is 14.0. The van der Waals surface area contributed by atoms with Crippen molar-refractivity contribution in [2.24, 2.45) is 0 Å². The molecule has 1 amide bonds. The van der Waals surface area contributed by atoms with Crippen LogP contribution in [0.2, 0.25) is 0 Å². The van der Waals surface area contributed by atoms with Gasteiger partial charge in [-0.05, 0) is 26.0 Å². The lowest BCUT2D eigenvalue weighted by Gasteiger charge is -2.21. The monoisotopic (exact) mass is 284 g/mol. The second-order valence-corrected chi connectivity index (χ2v) is 4.73. The SMILES string of the molecule is CCN(C)C(=O)C(C)NCC(O)COCc1ccco1. The summed E-state index contributed by atoms with van der Waals surface area (Å²) in [7, 11) is 1.75.